The smallest absolute Gasteiger partial charge is 0.326 e. The van der Waals surface area contributed by atoms with Crippen molar-refractivity contribution in [3.8, 4) is 0 Å². The normalized spacial score (nSPS) is 12.9. The van der Waals surface area contributed by atoms with Crippen LogP contribution in [0.25, 0.3) is 0 Å². The number of carboxylic acid groups (broad SMARTS) is 1. The maximum atomic E-state index is 12.1. The van der Waals surface area contributed by atoms with Crippen LogP contribution in [0, 0.1) is 5.92 Å². The van der Waals surface area contributed by atoms with Gasteiger partial charge in [0.25, 0.3) is 5.91 Å². The van der Waals surface area contributed by atoms with Gasteiger partial charge in [-0.15, -0.1) is 0 Å². The molecule has 0 fully saturated rings. The maximum Gasteiger partial charge on any atom is 0.326 e. The van der Waals surface area contributed by atoms with Crippen molar-refractivity contribution in [3.05, 3.63) is 35.4 Å². The van der Waals surface area contributed by atoms with Crippen LogP contribution in [0.3, 0.4) is 0 Å². The summed E-state index contributed by atoms with van der Waals surface area (Å²) in [6, 6.07) is 4.93. The molecule has 1 atom stereocenters. The number of carbonyl (C=O) groups excluding carboxylic acids is 1. The van der Waals surface area contributed by atoms with Crippen molar-refractivity contribution in [1.29, 1.82) is 0 Å². The van der Waals surface area contributed by atoms with Crippen molar-refractivity contribution < 1.29 is 23.1 Å². The van der Waals surface area contributed by atoms with Crippen molar-refractivity contribution in [2.75, 3.05) is 0 Å². The fourth-order valence-corrected chi connectivity index (χ4v) is 2.61. The van der Waals surface area contributed by atoms with E-state index in [1.54, 1.807) is 0 Å². The number of benzene rings is 1. The number of rotatable bonds is 7. The second-order valence-corrected chi connectivity index (χ2v) is 7.12. The predicted molar refractivity (Wildman–Crippen MR) is 81.6 cm³/mol. The first-order valence-corrected chi connectivity index (χ1v) is 8.43. The Kier molecular flexibility index (Phi) is 6.07. The van der Waals surface area contributed by atoms with E-state index in [0.29, 0.717) is 12.0 Å². The Labute approximate surface area is 129 Å². The molecule has 0 aliphatic heterocycles. The quantitative estimate of drug-likeness (QED) is 0.679. The lowest BCUT2D eigenvalue weighted by Gasteiger charge is -2.16. The molecule has 1 aromatic carbocycles. The summed E-state index contributed by atoms with van der Waals surface area (Å²) in [6.45, 7) is 3.71. The molecule has 4 N–H and O–H groups in total. The summed E-state index contributed by atoms with van der Waals surface area (Å²) in [5.41, 5.74) is 0.557. The number of sulfonamides is 1. The number of nitrogens with two attached hydrogens (primary N) is 1. The average molecular weight is 328 g/mol. The Bertz CT molecular complexity index is 655. The Balaban J connectivity index is 2.88. The highest BCUT2D eigenvalue weighted by atomic mass is 32.2. The number of amides is 1. The van der Waals surface area contributed by atoms with E-state index in [4.69, 9.17) is 10.2 Å². The second-order valence-electron chi connectivity index (χ2n) is 5.50. The predicted octanol–water partition coefficient (Wildman–Crippen LogP) is 0.704. The molecule has 8 heteroatoms. The van der Waals surface area contributed by atoms with E-state index < -0.39 is 27.9 Å². The van der Waals surface area contributed by atoms with Crippen molar-refractivity contribution in [1.82, 2.24) is 5.32 Å². The molecule has 1 amide bonds. The Morgan fingerprint density at radius 1 is 1.32 bits per heavy atom. The molecule has 0 saturated carbocycles. The molecule has 0 saturated heterocycles. The van der Waals surface area contributed by atoms with Gasteiger partial charge in [0.1, 0.15) is 6.04 Å². The van der Waals surface area contributed by atoms with E-state index in [1.165, 1.54) is 24.3 Å². The molecule has 0 bridgehead atoms. The number of carboxylic acids is 1. The highest BCUT2D eigenvalue weighted by molar-refractivity contribution is 7.88. The first kappa shape index (κ1) is 18.1. The Hall–Kier alpha value is -1.93. The third kappa shape index (κ3) is 6.23. The van der Waals surface area contributed by atoms with Crippen LogP contribution < -0.4 is 10.5 Å². The van der Waals surface area contributed by atoms with Gasteiger partial charge in [-0.3, -0.25) is 4.79 Å². The maximum absolute atomic E-state index is 12.1. The molecule has 1 unspecified atom stereocenters. The van der Waals surface area contributed by atoms with Crippen LogP contribution >= 0.6 is 0 Å². The summed E-state index contributed by atoms with van der Waals surface area (Å²) in [4.78, 5) is 23.2. The minimum atomic E-state index is -3.70. The van der Waals surface area contributed by atoms with Gasteiger partial charge in [0.15, 0.2) is 0 Å². The molecule has 0 aliphatic rings. The van der Waals surface area contributed by atoms with Gasteiger partial charge in [0.2, 0.25) is 10.0 Å². The zero-order chi connectivity index (χ0) is 16.9. The molecule has 0 spiro atoms. The third-order valence-corrected chi connectivity index (χ3v) is 3.60. The van der Waals surface area contributed by atoms with Gasteiger partial charge < -0.3 is 10.4 Å². The van der Waals surface area contributed by atoms with E-state index in [0.717, 1.165) is 0 Å². The minimum Gasteiger partial charge on any atom is -0.480 e. The van der Waals surface area contributed by atoms with Crippen LogP contribution in [0.2, 0.25) is 0 Å². The van der Waals surface area contributed by atoms with E-state index >= 15 is 0 Å². The topological polar surface area (TPSA) is 127 Å². The molecule has 1 rings (SSSR count). The number of carbonyl (C=O) groups is 2. The minimum absolute atomic E-state index is 0.107. The van der Waals surface area contributed by atoms with Gasteiger partial charge in [0.05, 0.1) is 5.75 Å². The van der Waals surface area contributed by atoms with Crippen LogP contribution in [0.15, 0.2) is 24.3 Å². The summed E-state index contributed by atoms with van der Waals surface area (Å²) in [7, 11) is -3.70. The van der Waals surface area contributed by atoms with Crippen molar-refractivity contribution in [2.24, 2.45) is 11.1 Å². The first-order chi connectivity index (χ1) is 10.1. The van der Waals surface area contributed by atoms with E-state index in [2.05, 4.69) is 5.32 Å². The molecule has 122 valence electrons. The summed E-state index contributed by atoms with van der Waals surface area (Å²) < 4.78 is 22.1. The summed E-state index contributed by atoms with van der Waals surface area (Å²) in [6.07, 6.45) is 0.304. The first-order valence-electron chi connectivity index (χ1n) is 6.71. The Morgan fingerprint density at radius 2 is 1.95 bits per heavy atom. The molecule has 0 radical (unpaired) electrons. The van der Waals surface area contributed by atoms with Crippen LogP contribution in [0.1, 0.15) is 36.2 Å². The van der Waals surface area contributed by atoms with Crippen LogP contribution in [0.4, 0.5) is 0 Å². The van der Waals surface area contributed by atoms with Crippen LogP contribution in [-0.4, -0.2) is 31.4 Å². The third-order valence-electron chi connectivity index (χ3n) is 2.87. The molecular formula is C14H20N2O5S. The van der Waals surface area contributed by atoms with E-state index in [-0.39, 0.29) is 17.2 Å². The summed E-state index contributed by atoms with van der Waals surface area (Å²) in [5.74, 6) is -1.95. The van der Waals surface area contributed by atoms with Gasteiger partial charge in [-0.25, -0.2) is 18.4 Å². The van der Waals surface area contributed by atoms with Gasteiger partial charge >= 0.3 is 5.97 Å². The molecule has 0 heterocycles. The summed E-state index contributed by atoms with van der Waals surface area (Å²) in [5, 5.41) is 16.5. The molecule has 1 aromatic rings. The van der Waals surface area contributed by atoms with Crippen LogP contribution in [-0.2, 0) is 20.6 Å². The number of primary sulfonamides is 1. The zero-order valence-corrected chi connectivity index (χ0v) is 13.3. The van der Waals surface area contributed by atoms with Crippen molar-refractivity contribution >= 4 is 21.9 Å². The summed E-state index contributed by atoms with van der Waals surface area (Å²) >= 11 is 0. The number of nitrogens with one attached hydrogen (secondary N) is 1. The largest absolute Gasteiger partial charge is 0.480 e. The number of hydrogen-bond donors (Lipinski definition) is 3. The molecule has 0 aromatic heterocycles. The monoisotopic (exact) mass is 328 g/mol. The van der Waals surface area contributed by atoms with Crippen molar-refractivity contribution in [2.45, 2.75) is 32.1 Å². The van der Waals surface area contributed by atoms with Crippen LogP contribution in [0.5, 0.6) is 0 Å². The molecule has 22 heavy (non-hydrogen) atoms. The Morgan fingerprint density at radius 3 is 2.45 bits per heavy atom. The van der Waals surface area contributed by atoms with Crippen molar-refractivity contribution in [3.63, 3.8) is 0 Å². The fraction of sp³-hybridized carbons (Fsp3) is 0.429. The highest BCUT2D eigenvalue weighted by Crippen LogP contribution is 2.10. The van der Waals surface area contributed by atoms with Gasteiger partial charge in [-0.05, 0) is 30.0 Å². The average Bonchev–Trinajstić information content (AvgIpc) is 2.35. The number of hydrogen-bond acceptors (Lipinski definition) is 4. The van der Waals surface area contributed by atoms with Gasteiger partial charge in [-0.2, -0.15) is 0 Å². The SMILES string of the molecule is CC(C)CC(NC(=O)c1cccc(CS(N)(=O)=O)c1)C(=O)O. The van der Waals surface area contributed by atoms with E-state index in [1.807, 2.05) is 13.8 Å². The molecular weight excluding hydrogens is 308 g/mol. The zero-order valence-electron chi connectivity index (χ0n) is 12.4. The number of aliphatic carboxylic acids is 1. The highest BCUT2D eigenvalue weighted by Gasteiger charge is 2.21. The van der Waals surface area contributed by atoms with Gasteiger partial charge in [-0.1, -0.05) is 26.0 Å². The molecule has 7 nitrogen and oxygen atoms in total. The lowest BCUT2D eigenvalue weighted by atomic mass is 10.0. The lowest BCUT2D eigenvalue weighted by Crippen LogP contribution is -2.41. The standard InChI is InChI=1S/C14H20N2O5S/c1-9(2)6-12(14(18)19)16-13(17)11-5-3-4-10(7-11)8-22(15,20)21/h3-5,7,9,12H,6,8H2,1-2H3,(H,16,17)(H,18,19)(H2,15,20,21). The second kappa shape index (κ2) is 7.37. The fourth-order valence-electron chi connectivity index (χ4n) is 1.97. The van der Waals surface area contributed by atoms with Gasteiger partial charge in [0, 0.05) is 5.56 Å². The molecule has 0 aliphatic carbocycles. The lowest BCUT2D eigenvalue weighted by molar-refractivity contribution is -0.139. The van der Waals surface area contributed by atoms with E-state index in [9.17, 15) is 18.0 Å².